The van der Waals surface area contributed by atoms with Gasteiger partial charge in [0.05, 0.1) is 0 Å². The number of anilines is 2. The number of rotatable bonds is 1. The molecule has 1 aliphatic heterocycles. The molecule has 0 atom stereocenters. The van der Waals surface area contributed by atoms with Crippen LogP contribution in [-0.4, -0.2) is 47.8 Å². The number of nitrogens with two attached hydrogens (primary N) is 1. The van der Waals surface area contributed by atoms with Crippen molar-refractivity contribution in [3.8, 4) is 0 Å². The summed E-state index contributed by atoms with van der Waals surface area (Å²) in [5, 5.41) is 0. The smallest absolute Gasteiger partial charge is 0.410 e. The lowest BCUT2D eigenvalue weighted by atomic mass is 10.2. The SMILES string of the molecule is CC(C)(C)OC(=O)N1CCN(c2cc(N)ccn2)CC1. The Morgan fingerprint density at radius 3 is 2.50 bits per heavy atom. The predicted molar refractivity (Wildman–Crippen MR) is 78.7 cm³/mol. The van der Waals surface area contributed by atoms with Gasteiger partial charge in [-0.15, -0.1) is 0 Å². The summed E-state index contributed by atoms with van der Waals surface area (Å²) in [7, 11) is 0. The highest BCUT2D eigenvalue weighted by molar-refractivity contribution is 5.68. The molecule has 0 aromatic carbocycles. The second kappa shape index (κ2) is 5.56. The first-order chi connectivity index (χ1) is 9.35. The van der Waals surface area contributed by atoms with Gasteiger partial charge in [0, 0.05) is 44.1 Å². The molecule has 1 aromatic heterocycles. The van der Waals surface area contributed by atoms with Gasteiger partial charge in [-0.1, -0.05) is 0 Å². The van der Waals surface area contributed by atoms with E-state index in [0.717, 1.165) is 18.9 Å². The van der Waals surface area contributed by atoms with Crippen molar-refractivity contribution in [2.75, 3.05) is 36.8 Å². The summed E-state index contributed by atoms with van der Waals surface area (Å²) < 4.78 is 5.37. The fourth-order valence-corrected chi connectivity index (χ4v) is 2.05. The minimum atomic E-state index is -0.455. The molecule has 0 aliphatic carbocycles. The second-order valence-electron chi connectivity index (χ2n) is 5.90. The number of pyridine rings is 1. The second-order valence-corrected chi connectivity index (χ2v) is 5.90. The van der Waals surface area contributed by atoms with Gasteiger partial charge in [-0.05, 0) is 26.8 Å². The van der Waals surface area contributed by atoms with Crippen molar-refractivity contribution in [3.05, 3.63) is 18.3 Å². The molecule has 2 heterocycles. The summed E-state index contributed by atoms with van der Waals surface area (Å²) in [5.74, 6) is 0.855. The molecular formula is C14H22N4O2. The number of piperazine rings is 1. The van der Waals surface area contributed by atoms with Gasteiger partial charge in [0.25, 0.3) is 0 Å². The minimum absolute atomic E-state index is 0.252. The maximum atomic E-state index is 12.0. The standard InChI is InChI=1S/C14H22N4O2/c1-14(2,3)20-13(19)18-8-6-17(7-9-18)12-10-11(15)4-5-16-12/h4-5,10H,6-9H2,1-3H3,(H2,15,16). The van der Waals surface area contributed by atoms with E-state index in [1.54, 1.807) is 17.2 Å². The van der Waals surface area contributed by atoms with Crippen LogP contribution in [0.4, 0.5) is 16.3 Å². The first kappa shape index (κ1) is 14.4. The zero-order valence-corrected chi connectivity index (χ0v) is 12.3. The quantitative estimate of drug-likeness (QED) is 0.847. The van der Waals surface area contributed by atoms with E-state index in [1.165, 1.54) is 0 Å². The van der Waals surface area contributed by atoms with Crippen LogP contribution >= 0.6 is 0 Å². The molecule has 110 valence electrons. The van der Waals surface area contributed by atoms with Crippen molar-refractivity contribution in [1.82, 2.24) is 9.88 Å². The van der Waals surface area contributed by atoms with E-state index in [0.29, 0.717) is 18.8 Å². The number of ether oxygens (including phenoxy) is 1. The summed E-state index contributed by atoms with van der Waals surface area (Å²) in [6.45, 7) is 8.34. The van der Waals surface area contributed by atoms with Crippen molar-refractivity contribution >= 4 is 17.6 Å². The third kappa shape index (κ3) is 3.76. The molecule has 1 saturated heterocycles. The zero-order valence-electron chi connectivity index (χ0n) is 12.3. The monoisotopic (exact) mass is 278 g/mol. The number of carbonyl (C=O) groups excluding carboxylic acids is 1. The Labute approximate surface area is 119 Å². The number of carbonyl (C=O) groups is 1. The highest BCUT2D eigenvalue weighted by Crippen LogP contribution is 2.17. The number of hydrogen-bond donors (Lipinski definition) is 1. The Balaban J connectivity index is 1.91. The minimum Gasteiger partial charge on any atom is -0.444 e. The molecule has 0 bridgehead atoms. The largest absolute Gasteiger partial charge is 0.444 e. The average molecular weight is 278 g/mol. The van der Waals surface area contributed by atoms with Crippen molar-refractivity contribution in [2.45, 2.75) is 26.4 Å². The van der Waals surface area contributed by atoms with Gasteiger partial charge in [0.1, 0.15) is 11.4 Å². The van der Waals surface area contributed by atoms with Crippen LogP contribution in [0.15, 0.2) is 18.3 Å². The third-order valence-electron chi connectivity index (χ3n) is 3.02. The Bertz CT molecular complexity index is 476. The van der Waals surface area contributed by atoms with Gasteiger partial charge in [0.15, 0.2) is 0 Å². The van der Waals surface area contributed by atoms with Gasteiger partial charge in [-0.3, -0.25) is 0 Å². The highest BCUT2D eigenvalue weighted by atomic mass is 16.6. The van der Waals surface area contributed by atoms with Crippen molar-refractivity contribution < 1.29 is 9.53 Å². The molecule has 0 spiro atoms. The van der Waals surface area contributed by atoms with Gasteiger partial charge >= 0.3 is 6.09 Å². The summed E-state index contributed by atoms with van der Waals surface area (Å²) in [5.41, 5.74) is 6.00. The molecule has 1 aromatic rings. The van der Waals surface area contributed by atoms with Crippen LogP contribution in [0.25, 0.3) is 0 Å². The molecular weight excluding hydrogens is 256 g/mol. The van der Waals surface area contributed by atoms with E-state index < -0.39 is 5.60 Å². The fraction of sp³-hybridized carbons (Fsp3) is 0.571. The van der Waals surface area contributed by atoms with Crippen LogP contribution in [0.1, 0.15) is 20.8 Å². The summed E-state index contributed by atoms with van der Waals surface area (Å²) in [6, 6.07) is 3.61. The maximum absolute atomic E-state index is 12.0. The molecule has 6 nitrogen and oxygen atoms in total. The zero-order chi connectivity index (χ0) is 14.8. The van der Waals surface area contributed by atoms with Crippen LogP contribution in [-0.2, 0) is 4.74 Å². The molecule has 1 fully saturated rings. The van der Waals surface area contributed by atoms with Gasteiger partial charge in [-0.2, -0.15) is 0 Å². The molecule has 1 amide bonds. The van der Waals surface area contributed by atoms with Gasteiger partial charge < -0.3 is 20.3 Å². The Morgan fingerprint density at radius 1 is 1.30 bits per heavy atom. The topological polar surface area (TPSA) is 71.7 Å². The lowest BCUT2D eigenvalue weighted by Gasteiger charge is -2.36. The Kier molecular flexibility index (Phi) is 4.01. The summed E-state index contributed by atoms with van der Waals surface area (Å²) >= 11 is 0. The average Bonchev–Trinajstić information content (AvgIpc) is 2.37. The number of aromatic nitrogens is 1. The molecule has 0 unspecified atom stereocenters. The maximum Gasteiger partial charge on any atom is 0.410 e. The number of amides is 1. The van der Waals surface area contributed by atoms with Crippen LogP contribution < -0.4 is 10.6 Å². The lowest BCUT2D eigenvalue weighted by molar-refractivity contribution is 0.0240. The van der Waals surface area contributed by atoms with Crippen LogP contribution in [0, 0.1) is 0 Å². The van der Waals surface area contributed by atoms with Crippen LogP contribution in [0.2, 0.25) is 0 Å². The van der Waals surface area contributed by atoms with E-state index in [1.807, 2.05) is 26.8 Å². The number of nitrogens with zero attached hydrogens (tertiary/aromatic N) is 3. The third-order valence-corrected chi connectivity index (χ3v) is 3.02. The summed E-state index contributed by atoms with van der Waals surface area (Å²) in [6.07, 6.45) is 1.45. The highest BCUT2D eigenvalue weighted by Gasteiger charge is 2.26. The van der Waals surface area contributed by atoms with E-state index in [2.05, 4.69) is 9.88 Å². The molecule has 2 rings (SSSR count). The van der Waals surface area contributed by atoms with E-state index in [4.69, 9.17) is 10.5 Å². The molecule has 2 N–H and O–H groups in total. The van der Waals surface area contributed by atoms with E-state index in [-0.39, 0.29) is 6.09 Å². The molecule has 0 radical (unpaired) electrons. The molecule has 20 heavy (non-hydrogen) atoms. The van der Waals surface area contributed by atoms with Gasteiger partial charge in [-0.25, -0.2) is 9.78 Å². The van der Waals surface area contributed by atoms with Crippen molar-refractivity contribution in [2.24, 2.45) is 0 Å². The van der Waals surface area contributed by atoms with Crippen molar-refractivity contribution in [1.29, 1.82) is 0 Å². The van der Waals surface area contributed by atoms with E-state index in [9.17, 15) is 4.79 Å². The van der Waals surface area contributed by atoms with E-state index >= 15 is 0 Å². The van der Waals surface area contributed by atoms with Crippen LogP contribution in [0.5, 0.6) is 0 Å². The first-order valence-corrected chi connectivity index (χ1v) is 6.79. The molecule has 6 heteroatoms. The van der Waals surface area contributed by atoms with Crippen molar-refractivity contribution in [3.63, 3.8) is 0 Å². The lowest BCUT2D eigenvalue weighted by Crippen LogP contribution is -2.50. The van der Waals surface area contributed by atoms with Gasteiger partial charge in [0.2, 0.25) is 0 Å². The molecule has 1 aliphatic rings. The Hall–Kier alpha value is -1.98. The predicted octanol–water partition coefficient (Wildman–Crippen LogP) is 1.72. The number of nitrogen functional groups attached to an aromatic ring is 1. The normalized spacial score (nSPS) is 16.1. The molecule has 0 saturated carbocycles. The first-order valence-electron chi connectivity index (χ1n) is 6.79. The fourth-order valence-electron chi connectivity index (χ4n) is 2.05. The Morgan fingerprint density at radius 2 is 1.95 bits per heavy atom. The summed E-state index contributed by atoms with van der Waals surface area (Å²) in [4.78, 5) is 20.1. The van der Waals surface area contributed by atoms with Crippen LogP contribution in [0.3, 0.4) is 0 Å². The number of hydrogen-bond acceptors (Lipinski definition) is 5.